The van der Waals surface area contributed by atoms with Crippen LogP contribution in [0.3, 0.4) is 0 Å². The Labute approximate surface area is 216 Å². The number of carbonyl (C=O) groups excluding carboxylic acids is 1. The minimum absolute atomic E-state index is 0.256. The van der Waals surface area contributed by atoms with Crippen LogP contribution in [0.25, 0.3) is 5.57 Å². The number of esters is 1. The smallest absolute Gasteiger partial charge is 0.338 e. The lowest BCUT2D eigenvalue weighted by Gasteiger charge is -2.29. The topological polar surface area (TPSA) is 32.6 Å². The molecule has 4 heteroatoms. The largest absolute Gasteiger partial charge is 0.462 e. The van der Waals surface area contributed by atoms with Gasteiger partial charge in [0.25, 0.3) is 0 Å². The third-order valence-electron chi connectivity index (χ3n) is 7.21. The summed E-state index contributed by atoms with van der Waals surface area (Å²) in [5.41, 5.74) is 10.2. The zero-order chi connectivity index (χ0) is 25.7. The fourth-order valence-corrected chi connectivity index (χ4v) is 5.30. The van der Waals surface area contributed by atoms with Crippen molar-refractivity contribution in [3.8, 4) is 0 Å². The van der Waals surface area contributed by atoms with Crippen molar-refractivity contribution < 1.29 is 14.1 Å². The molecule has 4 nitrogen and oxygen atoms in total. The van der Waals surface area contributed by atoms with E-state index >= 15 is 0 Å². The zero-order valence-corrected chi connectivity index (χ0v) is 22.4. The zero-order valence-electron chi connectivity index (χ0n) is 22.4. The molecule has 0 aromatic heterocycles. The number of carbonyl (C=O) groups is 1. The van der Waals surface area contributed by atoms with Crippen LogP contribution >= 0.6 is 0 Å². The number of ether oxygens (including phenoxy) is 1. The van der Waals surface area contributed by atoms with Crippen molar-refractivity contribution in [2.45, 2.75) is 47.5 Å². The highest BCUT2D eigenvalue weighted by atomic mass is 16.5. The summed E-state index contributed by atoms with van der Waals surface area (Å²) in [6, 6.07) is 14.7. The van der Waals surface area contributed by atoms with E-state index in [4.69, 9.17) is 4.74 Å². The maximum atomic E-state index is 13.1. The van der Waals surface area contributed by atoms with Gasteiger partial charge in [0, 0.05) is 30.9 Å². The fourth-order valence-electron chi connectivity index (χ4n) is 5.30. The lowest BCUT2D eigenvalue weighted by Crippen LogP contribution is -2.23. The lowest BCUT2D eigenvalue weighted by molar-refractivity contribution is -0.519. The van der Waals surface area contributed by atoms with Gasteiger partial charge in [0.15, 0.2) is 5.71 Å². The molecule has 2 aliphatic rings. The SMILES string of the molecule is CCCOC(=O)c1ccccc1C1=C2C=CC(=[N+](CC)CC)C=C2Cc2cc(N(CC)CC)ccc21. The van der Waals surface area contributed by atoms with Crippen LogP contribution in [-0.2, 0) is 11.2 Å². The summed E-state index contributed by atoms with van der Waals surface area (Å²) in [5.74, 6) is -0.256. The molecule has 0 saturated carbocycles. The van der Waals surface area contributed by atoms with E-state index in [1.165, 1.54) is 33.7 Å². The Hall–Kier alpha value is -3.40. The van der Waals surface area contributed by atoms with Crippen LogP contribution in [-0.4, -0.2) is 49.0 Å². The second-order valence-electron chi connectivity index (χ2n) is 9.26. The molecule has 0 spiro atoms. The van der Waals surface area contributed by atoms with E-state index in [9.17, 15) is 4.79 Å². The van der Waals surface area contributed by atoms with Gasteiger partial charge in [-0.05, 0) is 98.2 Å². The highest BCUT2D eigenvalue weighted by molar-refractivity contribution is 6.07. The van der Waals surface area contributed by atoms with Crippen molar-refractivity contribution in [2.75, 3.05) is 37.7 Å². The number of hydrogen-bond donors (Lipinski definition) is 0. The van der Waals surface area contributed by atoms with Gasteiger partial charge >= 0.3 is 5.97 Å². The predicted octanol–water partition coefficient (Wildman–Crippen LogP) is 6.45. The van der Waals surface area contributed by atoms with Gasteiger partial charge in [0.1, 0.15) is 13.1 Å². The molecule has 0 amide bonds. The summed E-state index contributed by atoms with van der Waals surface area (Å²) in [6.07, 6.45) is 8.49. The van der Waals surface area contributed by atoms with E-state index in [-0.39, 0.29) is 5.97 Å². The highest BCUT2D eigenvalue weighted by Gasteiger charge is 2.29. The summed E-state index contributed by atoms with van der Waals surface area (Å²) in [4.78, 5) is 15.5. The van der Waals surface area contributed by atoms with Gasteiger partial charge in [0.2, 0.25) is 0 Å². The Morgan fingerprint density at radius 2 is 1.69 bits per heavy atom. The fraction of sp³-hybridized carbons (Fsp3) is 0.375. The highest BCUT2D eigenvalue weighted by Crippen LogP contribution is 2.42. The van der Waals surface area contributed by atoms with Crippen LogP contribution in [0.15, 0.2) is 71.8 Å². The van der Waals surface area contributed by atoms with Gasteiger partial charge in [-0.2, -0.15) is 0 Å². The van der Waals surface area contributed by atoms with Gasteiger partial charge in [0.05, 0.1) is 12.2 Å². The van der Waals surface area contributed by atoms with Gasteiger partial charge in [-0.1, -0.05) is 31.2 Å². The Bertz CT molecular complexity index is 1250. The average molecular weight is 484 g/mol. The Morgan fingerprint density at radius 3 is 2.39 bits per heavy atom. The molecule has 0 N–H and O–H groups in total. The molecule has 2 aromatic carbocycles. The minimum Gasteiger partial charge on any atom is -0.462 e. The van der Waals surface area contributed by atoms with Gasteiger partial charge in [-0.15, -0.1) is 0 Å². The molecule has 36 heavy (non-hydrogen) atoms. The molecule has 0 unspecified atom stereocenters. The van der Waals surface area contributed by atoms with Crippen molar-refractivity contribution in [2.24, 2.45) is 0 Å². The van der Waals surface area contributed by atoms with E-state index < -0.39 is 0 Å². The van der Waals surface area contributed by atoms with Crippen LogP contribution in [0.1, 0.15) is 68.1 Å². The summed E-state index contributed by atoms with van der Waals surface area (Å²) >= 11 is 0. The predicted molar refractivity (Wildman–Crippen MR) is 150 cm³/mol. The van der Waals surface area contributed by atoms with Crippen molar-refractivity contribution in [1.82, 2.24) is 0 Å². The van der Waals surface area contributed by atoms with Crippen molar-refractivity contribution in [3.63, 3.8) is 0 Å². The Balaban J connectivity index is 1.95. The van der Waals surface area contributed by atoms with Crippen molar-refractivity contribution in [3.05, 3.63) is 94.1 Å². The molecule has 0 fully saturated rings. The molecule has 0 bridgehead atoms. The van der Waals surface area contributed by atoms with E-state index in [1.807, 2.05) is 25.1 Å². The van der Waals surface area contributed by atoms with Gasteiger partial charge < -0.3 is 9.64 Å². The number of rotatable bonds is 9. The first-order valence-corrected chi connectivity index (χ1v) is 13.5. The number of fused-ring (bicyclic) bond motifs is 2. The summed E-state index contributed by atoms with van der Waals surface area (Å²) in [7, 11) is 0. The number of hydrogen-bond acceptors (Lipinski definition) is 3. The second kappa shape index (κ2) is 11.6. The number of allylic oxidation sites excluding steroid dienone is 5. The third kappa shape index (κ3) is 4.95. The molecule has 4 rings (SSSR count). The quantitative estimate of drug-likeness (QED) is 0.304. The van der Waals surface area contributed by atoms with Crippen LogP contribution in [0.4, 0.5) is 5.69 Å². The number of nitrogens with zero attached hydrogens (tertiary/aromatic N) is 2. The average Bonchev–Trinajstić information content (AvgIpc) is 2.91. The van der Waals surface area contributed by atoms with Crippen LogP contribution in [0.2, 0.25) is 0 Å². The summed E-state index contributed by atoms with van der Waals surface area (Å²) in [5, 5.41) is 0. The molecule has 0 aliphatic heterocycles. The van der Waals surface area contributed by atoms with E-state index in [0.717, 1.165) is 50.2 Å². The van der Waals surface area contributed by atoms with Gasteiger partial charge in [-0.3, -0.25) is 0 Å². The van der Waals surface area contributed by atoms with E-state index in [1.54, 1.807) is 0 Å². The summed E-state index contributed by atoms with van der Waals surface area (Å²) < 4.78 is 7.97. The number of anilines is 1. The minimum atomic E-state index is -0.256. The van der Waals surface area contributed by atoms with Gasteiger partial charge in [-0.25, -0.2) is 9.37 Å². The van der Waals surface area contributed by atoms with E-state index in [2.05, 4.69) is 79.7 Å². The van der Waals surface area contributed by atoms with E-state index in [0.29, 0.717) is 12.2 Å². The summed E-state index contributed by atoms with van der Waals surface area (Å²) in [6.45, 7) is 15.1. The molecule has 0 radical (unpaired) electrons. The second-order valence-corrected chi connectivity index (χ2v) is 9.26. The first-order chi connectivity index (χ1) is 17.6. The maximum absolute atomic E-state index is 13.1. The third-order valence-corrected chi connectivity index (χ3v) is 7.21. The normalized spacial score (nSPS) is 14.2. The molecular weight excluding hydrogens is 444 g/mol. The van der Waals surface area contributed by atoms with Crippen molar-refractivity contribution in [1.29, 1.82) is 0 Å². The molecule has 2 aromatic rings. The van der Waals surface area contributed by atoms with Crippen molar-refractivity contribution >= 4 is 22.9 Å². The standard InChI is InChI=1S/C32H39N2O2/c1-6-19-36-32(35)30-14-12-11-13-29(30)31-27-17-15-25(33(7-2)8-3)21-23(27)20-24-22-26(16-18-28(24)31)34(9-4)10-5/h11-18,21-22H,6-10,19-20H2,1-5H3/q+1. The van der Waals surface area contributed by atoms with Crippen LogP contribution < -0.4 is 4.90 Å². The first-order valence-electron chi connectivity index (χ1n) is 13.5. The molecule has 0 saturated heterocycles. The molecule has 188 valence electrons. The lowest BCUT2D eigenvalue weighted by atomic mass is 9.76. The molecular formula is C32H39N2O2+. The monoisotopic (exact) mass is 483 g/mol. The van der Waals surface area contributed by atoms with Crippen LogP contribution in [0.5, 0.6) is 0 Å². The molecule has 2 aliphatic carbocycles. The van der Waals surface area contributed by atoms with Crippen LogP contribution in [0, 0.1) is 0 Å². The molecule has 0 atom stereocenters. The Kier molecular flexibility index (Phi) is 8.25. The maximum Gasteiger partial charge on any atom is 0.338 e. The molecule has 0 heterocycles. The number of benzene rings is 2. The Morgan fingerprint density at radius 1 is 0.944 bits per heavy atom. The first kappa shape index (κ1) is 25.7.